The summed E-state index contributed by atoms with van der Waals surface area (Å²) in [6, 6.07) is 21.4. The molecular weight excluding hydrogens is 1040 g/mol. The van der Waals surface area contributed by atoms with Crippen LogP contribution in [-0.2, 0) is 33.9 Å². The number of piperidine rings is 1. The van der Waals surface area contributed by atoms with E-state index >= 15 is 0 Å². The number of carboxylic acids is 1. The van der Waals surface area contributed by atoms with E-state index in [0.717, 1.165) is 121 Å². The molecule has 4 aliphatic carbocycles. The van der Waals surface area contributed by atoms with Crippen LogP contribution in [0.2, 0.25) is 0 Å². The summed E-state index contributed by atoms with van der Waals surface area (Å²) in [5.41, 5.74) is 6.08. The molecule has 6 aromatic rings. The van der Waals surface area contributed by atoms with Gasteiger partial charge < -0.3 is 20.6 Å². The summed E-state index contributed by atoms with van der Waals surface area (Å²) in [4.78, 5) is 104. The fourth-order valence-electron chi connectivity index (χ4n) is 14.8. The summed E-state index contributed by atoms with van der Waals surface area (Å²) in [6.45, 7) is 5.00. The van der Waals surface area contributed by atoms with E-state index in [1.807, 2.05) is 71.1 Å². The first-order chi connectivity index (χ1) is 39.2. The number of hydrogen-bond acceptors (Lipinski definition) is 13. The van der Waals surface area contributed by atoms with Gasteiger partial charge >= 0.3 is 5.97 Å². The molecule has 420 valence electrons. The molecule has 6 amide bonds. The third-order valence-corrected chi connectivity index (χ3v) is 19.1. The van der Waals surface area contributed by atoms with Crippen LogP contribution < -0.4 is 26.2 Å². The highest BCUT2D eigenvalue weighted by Gasteiger charge is 2.60. The van der Waals surface area contributed by atoms with Crippen molar-refractivity contribution < 1.29 is 38.7 Å². The van der Waals surface area contributed by atoms with Gasteiger partial charge in [-0.3, -0.25) is 49.0 Å². The minimum atomic E-state index is -1.13. The van der Waals surface area contributed by atoms with Crippen LogP contribution in [0.5, 0.6) is 0 Å². The second kappa shape index (κ2) is 22.3. The molecule has 81 heavy (non-hydrogen) atoms. The van der Waals surface area contributed by atoms with E-state index in [1.165, 1.54) is 17.8 Å². The minimum absolute atomic E-state index is 0.0487. The number of aromatic nitrogens is 4. The zero-order valence-corrected chi connectivity index (χ0v) is 46.5. The average molecular weight is 1110 g/mol. The second-order valence-electron chi connectivity index (χ2n) is 23.7. The first-order valence-corrected chi connectivity index (χ1v) is 29.7. The number of benzene rings is 3. The van der Waals surface area contributed by atoms with E-state index in [0.29, 0.717) is 78.7 Å². The number of carbonyl (C=O) groups is 7. The summed E-state index contributed by atoms with van der Waals surface area (Å²) in [7, 11) is 0. The van der Waals surface area contributed by atoms with Crippen LogP contribution in [-0.4, -0.2) is 96.8 Å². The Morgan fingerprint density at radius 1 is 0.790 bits per heavy atom. The van der Waals surface area contributed by atoms with Gasteiger partial charge in [0.05, 0.1) is 33.0 Å². The minimum Gasteiger partial charge on any atom is -0.476 e. The first kappa shape index (κ1) is 53.8. The van der Waals surface area contributed by atoms with E-state index in [2.05, 4.69) is 26.3 Å². The van der Waals surface area contributed by atoms with E-state index in [1.54, 1.807) is 24.4 Å². The number of nitrogens with zero attached hydrogens (tertiary/aromatic N) is 6. The van der Waals surface area contributed by atoms with Gasteiger partial charge in [-0.05, 0) is 142 Å². The van der Waals surface area contributed by atoms with Crippen molar-refractivity contribution in [3.05, 3.63) is 118 Å². The number of fused-ring (bicyclic) bond motifs is 3. The number of imide groups is 2. The standard InChI is InChI=1S/C62H68N10O8S/c1-37-44(41-20-22-50(67-53(41)58(78)79)70-27-24-40-14-12-15-42(45(40)34-70)54(74)69-60-66-46-17-8-9-19-49(46)81-60)33-65-71(37)36-61-29-38-28-39(30-61)32-62(31-38,35-61)59(80)64-26-11-7-5-3-2-4-6-10-25-63-47-18-13-16-43-52(47)57(77)72(56(43)76)48-21-23-51(73)68-55(48)75/h8-9,12-20,22,33,38-39,48,63H,2-7,10-11,21,23-32,34-36H2,1H3,(H,64,80)(H,78,79)(H,66,69,74)(H,68,73,75)/t38?,39?,48?,61-,62-. The van der Waals surface area contributed by atoms with Gasteiger partial charge in [-0.1, -0.05) is 80.2 Å². The monoisotopic (exact) mass is 1110 g/mol. The Kier molecular flexibility index (Phi) is 14.8. The molecule has 7 aliphatic rings. The summed E-state index contributed by atoms with van der Waals surface area (Å²) in [5.74, 6) is -1.69. The largest absolute Gasteiger partial charge is 0.476 e. The highest BCUT2D eigenvalue weighted by atomic mass is 32.1. The lowest BCUT2D eigenvalue weighted by molar-refractivity contribution is -0.159. The molecule has 3 atom stereocenters. The topological polar surface area (TPSA) is 238 Å². The van der Waals surface area contributed by atoms with E-state index in [9.17, 15) is 38.7 Å². The molecule has 13 rings (SSSR count). The second-order valence-corrected chi connectivity index (χ2v) is 24.7. The number of aromatic carboxylic acids is 1. The molecule has 6 heterocycles. The third-order valence-electron chi connectivity index (χ3n) is 18.2. The van der Waals surface area contributed by atoms with Crippen molar-refractivity contribution in [3.63, 3.8) is 0 Å². The van der Waals surface area contributed by atoms with Crippen LogP contribution in [0.1, 0.15) is 161 Å². The lowest BCUT2D eigenvalue weighted by Gasteiger charge is -2.61. The zero-order chi connectivity index (χ0) is 56.0. The number of nitrogens with one attached hydrogen (secondary N) is 4. The SMILES string of the molecule is Cc1c(-c2ccc(N3CCc4cccc(C(=O)Nc5nc6ccccc6s5)c4C3)nc2C(=O)O)cnn1C[C@]12CC3CC(C1)C[C@](C(=O)NCCCCCCCCCCNc1cccc4c1C(=O)N(C1CCC(=O)NC1=O)C4=O)(C3)C2. The number of para-hydroxylation sites is 1. The van der Waals surface area contributed by atoms with Gasteiger partial charge in [-0.15, -0.1) is 0 Å². The maximum Gasteiger partial charge on any atom is 0.355 e. The fourth-order valence-corrected chi connectivity index (χ4v) is 15.6. The van der Waals surface area contributed by atoms with Gasteiger partial charge in [-0.2, -0.15) is 5.10 Å². The Labute approximate surface area is 473 Å². The molecular formula is C62H68N10O8S. The molecule has 3 unspecified atom stereocenters. The van der Waals surface area contributed by atoms with Crippen molar-refractivity contribution in [2.45, 2.75) is 135 Å². The van der Waals surface area contributed by atoms with Gasteiger partial charge in [0.15, 0.2) is 10.8 Å². The van der Waals surface area contributed by atoms with Crippen molar-refractivity contribution in [3.8, 4) is 11.1 Å². The van der Waals surface area contributed by atoms with Crippen molar-refractivity contribution in [2.24, 2.45) is 22.7 Å². The molecule has 3 aromatic heterocycles. The number of unbranched alkanes of at least 4 members (excludes halogenated alkanes) is 7. The zero-order valence-electron chi connectivity index (χ0n) is 45.7. The van der Waals surface area contributed by atoms with Crippen LogP contribution in [0.4, 0.5) is 16.6 Å². The van der Waals surface area contributed by atoms with Crippen molar-refractivity contribution in [1.82, 2.24) is 35.3 Å². The van der Waals surface area contributed by atoms with Crippen LogP contribution in [0.3, 0.4) is 0 Å². The number of thiazole rings is 1. The summed E-state index contributed by atoms with van der Waals surface area (Å²) >= 11 is 1.43. The van der Waals surface area contributed by atoms with Gasteiger partial charge in [-0.25, -0.2) is 14.8 Å². The summed E-state index contributed by atoms with van der Waals surface area (Å²) in [6.07, 6.45) is 17.0. The maximum atomic E-state index is 14.2. The number of anilines is 3. The number of amides is 6. The molecule has 18 nitrogen and oxygen atoms in total. The Bertz CT molecular complexity index is 3470. The van der Waals surface area contributed by atoms with Gasteiger partial charge in [0, 0.05) is 67.2 Å². The van der Waals surface area contributed by atoms with Crippen LogP contribution in [0, 0.1) is 29.6 Å². The molecule has 3 aromatic carbocycles. The highest BCUT2D eigenvalue weighted by Crippen LogP contribution is 2.66. The van der Waals surface area contributed by atoms with Crippen LogP contribution in [0.15, 0.2) is 79.0 Å². The molecule has 5 N–H and O–H groups in total. The highest BCUT2D eigenvalue weighted by molar-refractivity contribution is 7.22. The van der Waals surface area contributed by atoms with Crippen molar-refractivity contribution in [1.29, 1.82) is 0 Å². The lowest BCUT2D eigenvalue weighted by atomic mass is 9.44. The van der Waals surface area contributed by atoms with Gasteiger partial charge in [0.1, 0.15) is 11.9 Å². The van der Waals surface area contributed by atoms with Crippen LogP contribution in [0.25, 0.3) is 21.3 Å². The Hall–Kier alpha value is -7.80. The molecule has 0 radical (unpaired) electrons. The maximum absolute atomic E-state index is 14.2. The molecule has 5 fully saturated rings. The Morgan fingerprint density at radius 3 is 2.31 bits per heavy atom. The number of hydrogen-bond donors (Lipinski definition) is 5. The predicted octanol–water partition coefficient (Wildman–Crippen LogP) is 9.71. The van der Waals surface area contributed by atoms with Gasteiger partial charge in [0.2, 0.25) is 17.7 Å². The summed E-state index contributed by atoms with van der Waals surface area (Å²) in [5, 5.41) is 28.0. The molecule has 1 saturated heterocycles. The van der Waals surface area contributed by atoms with Gasteiger partial charge in [0.25, 0.3) is 17.7 Å². The van der Waals surface area contributed by atoms with Crippen LogP contribution >= 0.6 is 11.3 Å². The number of rotatable bonds is 21. The molecule has 4 saturated carbocycles. The predicted molar refractivity (Wildman–Crippen MR) is 307 cm³/mol. The van der Waals surface area contributed by atoms with Crippen molar-refractivity contribution >= 4 is 79.6 Å². The number of carbonyl (C=O) groups excluding carboxylic acids is 6. The molecule has 0 spiro atoms. The average Bonchev–Trinajstić information content (AvgIpc) is 4.13. The first-order valence-electron chi connectivity index (χ1n) is 28.9. The number of pyridine rings is 1. The number of carboxylic acid groups (broad SMARTS) is 1. The van der Waals surface area contributed by atoms with E-state index < -0.39 is 35.6 Å². The summed E-state index contributed by atoms with van der Waals surface area (Å²) < 4.78 is 3.03. The Morgan fingerprint density at radius 2 is 1.54 bits per heavy atom. The van der Waals surface area contributed by atoms with E-state index in [4.69, 9.17) is 10.1 Å². The van der Waals surface area contributed by atoms with E-state index in [-0.39, 0.29) is 52.3 Å². The molecule has 19 heteroatoms. The quantitative estimate of drug-likeness (QED) is 0.0334. The lowest BCUT2D eigenvalue weighted by Crippen LogP contribution is -2.58. The van der Waals surface area contributed by atoms with Crippen molar-refractivity contribution in [2.75, 3.05) is 35.2 Å². The third kappa shape index (κ3) is 10.6. The smallest absolute Gasteiger partial charge is 0.355 e. The fraction of sp³-hybridized carbons (Fsp3) is 0.452. The Balaban J connectivity index is 0.602. The molecule has 3 aliphatic heterocycles. The normalized spacial score (nSPS) is 22.7. The molecule has 4 bridgehead atoms.